The van der Waals surface area contributed by atoms with Crippen molar-refractivity contribution >= 4 is 23.4 Å². The quantitative estimate of drug-likeness (QED) is 0.563. The lowest BCUT2D eigenvalue weighted by Crippen LogP contribution is -1.84. The fourth-order valence-electron chi connectivity index (χ4n) is 2.91. The molecular weight excluding hydrogens is 326 g/mol. The lowest BCUT2D eigenvalue weighted by atomic mass is 10.1. The number of hydrogen-bond acceptors (Lipinski definition) is 3. The SMILES string of the molecule is Clc1ccc(-c2cnc(CSc3ccc4c(c3)CCC4)o2)cc1. The van der Waals surface area contributed by atoms with Gasteiger partial charge in [0, 0.05) is 15.5 Å². The first kappa shape index (κ1) is 14.9. The van der Waals surface area contributed by atoms with Crippen LogP contribution in [-0.2, 0) is 18.6 Å². The van der Waals surface area contributed by atoms with Gasteiger partial charge in [0.25, 0.3) is 0 Å². The summed E-state index contributed by atoms with van der Waals surface area (Å²) in [6, 6.07) is 14.4. The molecule has 0 aliphatic heterocycles. The number of rotatable bonds is 4. The second-order valence-corrected chi connectivity index (χ2v) is 7.18. The van der Waals surface area contributed by atoms with Crippen molar-refractivity contribution in [2.24, 2.45) is 0 Å². The van der Waals surface area contributed by atoms with E-state index in [0.29, 0.717) is 0 Å². The van der Waals surface area contributed by atoms with E-state index in [1.54, 1.807) is 18.0 Å². The minimum atomic E-state index is 0.723. The monoisotopic (exact) mass is 341 g/mol. The fourth-order valence-corrected chi connectivity index (χ4v) is 3.85. The minimum absolute atomic E-state index is 0.723. The standard InChI is InChI=1S/C19H16ClNOS/c20-16-7-4-14(5-8-16)18-11-21-19(22-18)12-23-17-9-6-13-2-1-3-15(13)10-17/h4-11H,1-3,12H2. The highest BCUT2D eigenvalue weighted by molar-refractivity contribution is 7.98. The predicted octanol–water partition coefficient (Wildman–Crippen LogP) is 5.78. The van der Waals surface area contributed by atoms with Crippen LogP contribution in [0.15, 0.2) is 58.0 Å². The Morgan fingerprint density at radius 1 is 1.04 bits per heavy atom. The fraction of sp³-hybridized carbons (Fsp3) is 0.211. The Kier molecular flexibility index (Phi) is 4.15. The molecule has 116 valence electrons. The molecule has 0 spiro atoms. The zero-order valence-electron chi connectivity index (χ0n) is 12.6. The summed E-state index contributed by atoms with van der Waals surface area (Å²) in [5.74, 6) is 2.28. The molecule has 2 aromatic carbocycles. The van der Waals surface area contributed by atoms with E-state index in [0.717, 1.165) is 28.0 Å². The number of thioether (sulfide) groups is 1. The van der Waals surface area contributed by atoms with Crippen LogP contribution in [0.5, 0.6) is 0 Å². The Balaban J connectivity index is 1.44. The van der Waals surface area contributed by atoms with Gasteiger partial charge in [0.1, 0.15) is 0 Å². The Bertz CT molecular complexity index is 826. The van der Waals surface area contributed by atoms with Crippen molar-refractivity contribution in [3.63, 3.8) is 0 Å². The first-order valence-corrected chi connectivity index (χ1v) is 9.09. The molecule has 2 nitrogen and oxygen atoms in total. The molecule has 0 fully saturated rings. The highest BCUT2D eigenvalue weighted by Crippen LogP contribution is 2.30. The van der Waals surface area contributed by atoms with Crippen molar-refractivity contribution in [1.82, 2.24) is 4.98 Å². The van der Waals surface area contributed by atoms with Gasteiger partial charge in [-0.25, -0.2) is 4.98 Å². The molecule has 1 aromatic heterocycles. The van der Waals surface area contributed by atoms with E-state index in [4.69, 9.17) is 16.0 Å². The van der Waals surface area contributed by atoms with Gasteiger partial charge in [0.2, 0.25) is 5.89 Å². The topological polar surface area (TPSA) is 26.0 Å². The maximum absolute atomic E-state index is 5.91. The minimum Gasteiger partial charge on any atom is -0.440 e. The smallest absolute Gasteiger partial charge is 0.205 e. The molecular formula is C19H16ClNOS. The van der Waals surface area contributed by atoms with Gasteiger partial charge in [-0.05, 0) is 66.8 Å². The second-order valence-electron chi connectivity index (χ2n) is 5.70. The van der Waals surface area contributed by atoms with Crippen LogP contribution in [0.3, 0.4) is 0 Å². The van der Waals surface area contributed by atoms with Gasteiger partial charge in [-0.2, -0.15) is 0 Å². The van der Waals surface area contributed by atoms with Crippen LogP contribution in [0, 0.1) is 0 Å². The normalized spacial score (nSPS) is 13.3. The molecule has 0 amide bonds. The number of fused-ring (bicyclic) bond motifs is 1. The third-order valence-corrected chi connectivity index (χ3v) is 5.35. The lowest BCUT2D eigenvalue weighted by Gasteiger charge is -2.03. The number of halogens is 1. The summed E-state index contributed by atoms with van der Waals surface area (Å²) >= 11 is 7.69. The van der Waals surface area contributed by atoms with Gasteiger partial charge in [0.15, 0.2) is 5.76 Å². The molecule has 1 heterocycles. The Morgan fingerprint density at radius 3 is 2.74 bits per heavy atom. The first-order chi connectivity index (χ1) is 11.3. The zero-order valence-corrected chi connectivity index (χ0v) is 14.2. The molecule has 0 unspecified atom stereocenters. The summed E-state index contributed by atoms with van der Waals surface area (Å²) < 4.78 is 5.85. The molecule has 4 rings (SSSR count). The van der Waals surface area contributed by atoms with Gasteiger partial charge in [-0.15, -0.1) is 11.8 Å². The van der Waals surface area contributed by atoms with Crippen molar-refractivity contribution in [2.45, 2.75) is 29.9 Å². The number of hydrogen-bond donors (Lipinski definition) is 0. The summed E-state index contributed by atoms with van der Waals surface area (Å²) in [5.41, 5.74) is 4.01. The van der Waals surface area contributed by atoms with E-state index < -0.39 is 0 Å². The summed E-state index contributed by atoms with van der Waals surface area (Å²) in [6.07, 6.45) is 5.50. The average molecular weight is 342 g/mol. The third-order valence-electron chi connectivity index (χ3n) is 4.11. The largest absolute Gasteiger partial charge is 0.440 e. The zero-order chi connectivity index (χ0) is 15.6. The van der Waals surface area contributed by atoms with E-state index in [2.05, 4.69) is 23.2 Å². The van der Waals surface area contributed by atoms with Gasteiger partial charge in [0.05, 0.1) is 11.9 Å². The van der Waals surface area contributed by atoms with Crippen LogP contribution >= 0.6 is 23.4 Å². The van der Waals surface area contributed by atoms with Gasteiger partial charge in [-0.3, -0.25) is 0 Å². The Labute approximate surface area is 144 Å². The van der Waals surface area contributed by atoms with Gasteiger partial charge < -0.3 is 4.42 Å². The number of aryl methyl sites for hydroxylation is 2. The van der Waals surface area contributed by atoms with Crippen molar-refractivity contribution in [3.8, 4) is 11.3 Å². The Morgan fingerprint density at radius 2 is 1.87 bits per heavy atom. The maximum atomic E-state index is 5.91. The maximum Gasteiger partial charge on any atom is 0.205 e. The molecule has 0 radical (unpaired) electrons. The van der Waals surface area contributed by atoms with Crippen molar-refractivity contribution in [3.05, 3.63) is 70.7 Å². The number of nitrogens with zero attached hydrogens (tertiary/aromatic N) is 1. The van der Waals surface area contributed by atoms with Crippen LogP contribution in [-0.4, -0.2) is 4.98 Å². The van der Waals surface area contributed by atoms with Crippen LogP contribution < -0.4 is 0 Å². The van der Waals surface area contributed by atoms with Crippen molar-refractivity contribution < 1.29 is 4.42 Å². The summed E-state index contributed by atoms with van der Waals surface area (Å²) in [6.45, 7) is 0. The van der Waals surface area contributed by atoms with E-state index >= 15 is 0 Å². The predicted molar refractivity (Wildman–Crippen MR) is 95.0 cm³/mol. The van der Waals surface area contributed by atoms with E-state index in [-0.39, 0.29) is 0 Å². The first-order valence-electron chi connectivity index (χ1n) is 7.73. The molecule has 0 saturated heterocycles. The third kappa shape index (κ3) is 3.31. The lowest BCUT2D eigenvalue weighted by molar-refractivity contribution is 0.530. The Hall–Kier alpha value is -1.71. The summed E-state index contributed by atoms with van der Waals surface area (Å²) in [5, 5.41) is 0.723. The number of benzene rings is 2. The summed E-state index contributed by atoms with van der Waals surface area (Å²) in [4.78, 5) is 5.67. The van der Waals surface area contributed by atoms with Gasteiger partial charge in [-0.1, -0.05) is 17.7 Å². The van der Waals surface area contributed by atoms with Crippen molar-refractivity contribution in [2.75, 3.05) is 0 Å². The molecule has 0 N–H and O–H groups in total. The summed E-state index contributed by atoms with van der Waals surface area (Å²) in [7, 11) is 0. The molecule has 3 aromatic rings. The second kappa shape index (κ2) is 6.42. The highest BCUT2D eigenvalue weighted by atomic mass is 35.5. The van der Waals surface area contributed by atoms with Crippen LogP contribution in [0.1, 0.15) is 23.4 Å². The molecule has 1 aliphatic carbocycles. The molecule has 0 saturated carbocycles. The molecule has 0 bridgehead atoms. The number of aromatic nitrogens is 1. The van der Waals surface area contributed by atoms with Crippen LogP contribution in [0.2, 0.25) is 5.02 Å². The molecule has 0 atom stereocenters. The van der Waals surface area contributed by atoms with E-state index in [1.165, 1.54) is 35.3 Å². The van der Waals surface area contributed by atoms with E-state index in [1.807, 2.05) is 24.3 Å². The van der Waals surface area contributed by atoms with Crippen LogP contribution in [0.4, 0.5) is 0 Å². The van der Waals surface area contributed by atoms with Crippen LogP contribution in [0.25, 0.3) is 11.3 Å². The highest BCUT2D eigenvalue weighted by Gasteiger charge is 2.12. The number of oxazole rings is 1. The molecule has 23 heavy (non-hydrogen) atoms. The van der Waals surface area contributed by atoms with E-state index in [9.17, 15) is 0 Å². The average Bonchev–Trinajstić information content (AvgIpc) is 3.22. The molecule has 4 heteroatoms. The van der Waals surface area contributed by atoms with Crippen molar-refractivity contribution in [1.29, 1.82) is 0 Å². The molecule has 1 aliphatic rings. The van der Waals surface area contributed by atoms with Gasteiger partial charge >= 0.3 is 0 Å².